The molecule has 220 valence electrons. The van der Waals surface area contributed by atoms with Crippen molar-refractivity contribution in [2.45, 2.75) is 83.7 Å². The molecule has 14 heteroatoms. The number of aliphatic hydroxyl groups is 1. The highest BCUT2D eigenvalue weighted by molar-refractivity contribution is 7.53. The fourth-order valence-electron chi connectivity index (χ4n) is 4.03. The van der Waals surface area contributed by atoms with E-state index in [0.717, 1.165) is 0 Å². The summed E-state index contributed by atoms with van der Waals surface area (Å²) in [5, 5.41) is 11.1. The zero-order valence-electron chi connectivity index (χ0n) is 24.1. The molecular formula is C24H45N2O10PSi. The number of rotatable bonds is 14. The molecule has 0 spiro atoms. The molecule has 0 bridgehead atoms. The van der Waals surface area contributed by atoms with Gasteiger partial charge in [0.25, 0.3) is 5.56 Å². The number of aromatic amines is 1. The summed E-state index contributed by atoms with van der Waals surface area (Å²) in [7, 11) is -4.71. The number of nitrogens with zero attached hydrogens (tertiary/aromatic N) is 1. The molecule has 1 aliphatic heterocycles. The molecule has 1 aliphatic rings. The van der Waals surface area contributed by atoms with Gasteiger partial charge in [-0.25, -0.2) is 4.79 Å². The van der Waals surface area contributed by atoms with Crippen LogP contribution in [0.2, 0.25) is 18.1 Å². The lowest BCUT2D eigenvalue weighted by Gasteiger charge is -2.45. The highest BCUT2D eigenvalue weighted by Crippen LogP contribution is 2.51. The molecule has 0 aromatic carbocycles. The number of hydrogen-bond acceptors (Lipinski definition) is 10. The Morgan fingerprint density at radius 2 is 1.84 bits per heavy atom. The molecule has 2 rings (SSSR count). The molecule has 1 aromatic heterocycles. The van der Waals surface area contributed by atoms with Crippen molar-refractivity contribution in [3.8, 4) is 0 Å². The first-order valence-corrected chi connectivity index (χ1v) is 17.5. The van der Waals surface area contributed by atoms with E-state index in [1.807, 2.05) is 13.1 Å². The summed E-state index contributed by atoms with van der Waals surface area (Å²) in [5.74, 6) is 0. The van der Waals surface area contributed by atoms with E-state index < -0.39 is 51.2 Å². The lowest BCUT2D eigenvalue weighted by atomic mass is 10.0. The zero-order chi connectivity index (χ0) is 28.9. The number of hydrogen-bond donors (Lipinski definition) is 2. The molecule has 0 radical (unpaired) electrons. The third-order valence-corrected chi connectivity index (χ3v) is 13.6. The van der Waals surface area contributed by atoms with Crippen LogP contribution >= 0.6 is 7.60 Å². The minimum atomic E-state index is -3.65. The number of ether oxygens (including phenoxy) is 3. The standard InChI is InChI=1S/C24H45N2O10PSi/c1-10-34-37(30,35-11-2)15-18(27)19-20(36-38(8,9)23(4,5)6)24(16-32-19,33-13-12-31-7)26-14-17(3)21(28)25-22(26)29/h14,18-20,27H,10-13,15-16H2,1-9H3,(H,25,28,29)/t18-,19?,20-,24+/m1/s1. The Morgan fingerprint density at radius 1 is 1.24 bits per heavy atom. The van der Waals surface area contributed by atoms with Crippen molar-refractivity contribution in [3.63, 3.8) is 0 Å². The van der Waals surface area contributed by atoms with Crippen molar-refractivity contribution in [1.82, 2.24) is 9.55 Å². The maximum absolute atomic E-state index is 13.3. The van der Waals surface area contributed by atoms with Crippen molar-refractivity contribution < 1.29 is 37.4 Å². The summed E-state index contributed by atoms with van der Waals surface area (Å²) in [5.41, 5.74) is -2.51. The van der Waals surface area contributed by atoms with Gasteiger partial charge in [0.15, 0.2) is 14.0 Å². The Balaban J connectivity index is 2.69. The Labute approximate surface area is 225 Å². The molecule has 1 aromatic rings. The fraction of sp³-hybridized carbons (Fsp3) is 0.833. The third-order valence-electron chi connectivity index (χ3n) is 7.06. The Kier molecular flexibility index (Phi) is 11.3. The summed E-state index contributed by atoms with van der Waals surface area (Å²) < 4.78 is 49.8. The molecular weight excluding hydrogens is 535 g/mol. The van der Waals surface area contributed by atoms with Crippen LogP contribution in [0.25, 0.3) is 0 Å². The summed E-state index contributed by atoms with van der Waals surface area (Å²) in [6, 6.07) is 0. The number of methoxy groups -OCH3 is 1. The Morgan fingerprint density at radius 3 is 2.37 bits per heavy atom. The molecule has 0 amide bonds. The summed E-state index contributed by atoms with van der Waals surface area (Å²) in [6.45, 7) is 15.5. The first kappa shape index (κ1) is 33.1. The van der Waals surface area contributed by atoms with Gasteiger partial charge in [-0.05, 0) is 38.9 Å². The third kappa shape index (κ3) is 7.32. The molecule has 4 atom stereocenters. The van der Waals surface area contributed by atoms with E-state index in [2.05, 4.69) is 25.8 Å². The monoisotopic (exact) mass is 580 g/mol. The first-order chi connectivity index (χ1) is 17.6. The number of nitrogens with one attached hydrogen (secondary N) is 1. The van der Waals surface area contributed by atoms with Gasteiger partial charge in [-0.2, -0.15) is 0 Å². The predicted octanol–water partition coefficient (Wildman–Crippen LogP) is 2.58. The molecule has 0 aliphatic carbocycles. The van der Waals surface area contributed by atoms with Gasteiger partial charge in [0.1, 0.15) is 12.2 Å². The van der Waals surface area contributed by atoms with Gasteiger partial charge in [0, 0.05) is 18.9 Å². The van der Waals surface area contributed by atoms with Crippen LogP contribution in [0.4, 0.5) is 0 Å². The number of aliphatic hydroxyl groups excluding tert-OH is 1. The maximum Gasteiger partial charge on any atom is 0.333 e. The van der Waals surface area contributed by atoms with Crippen LogP contribution in [0, 0.1) is 6.92 Å². The van der Waals surface area contributed by atoms with Gasteiger partial charge < -0.3 is 32.8 Å². The Bertz CT molecular complexity index is 1080. The lowest BCUT2D eigenvalue weighted by Crippen LogP contribution is -2.60. The van der Waals surface area contributed by atoms with Gasteiger partial charge in [0.05, 0.1) is 45.3 Å². The van der Waals surface area contributed by atoms with E-state index in [4.69, 9.17) is 27.7 Å². The van der Waals surface area contributed by atoms with Crippen LogP contribution < -0.4 is 11.2 Å². The second kappa shape index (κ2) is 13.0. The number of aryl methyl sites for hydroxylation is 1. The van der Waals surface area contributed by atoms with Crippen molar-refractivity contribution >= 4 is 15.9 Å². The lowest BCUT2D eigenvalue weighted by molar-refractivity contribution is -0.166. The smallest absolute Gasteiger partial charge is 0.333 e. The molecule has 12 nitrogen and oxygen atoms in total. The van der Waals surface area contributed by atoms with Crippen LogP contribution in [0.3, 0.4) is 0 Å². The minimum Gasteiger partial charge on any atom is -0.406 e. The first-order valence-electron chi connectivity index (χ1n) is 12.9. The van der Waals surface area contributed by atoms with Gasteiger partial charge in [-0.3, -0.25) is 18.9 Å². The van der Waals surface area contributed by atoms with E-state index in [9.17, 15) is 19.3 Å². The Hall–Kier alpha value is -1.15. The van der Waals surface area contributed by atoms with Crippen molar-refractivity contribution in [3.05, 3.63) is 32.6 Å². The molecule has 2 N–H and O–H groups in total. The van der Waals surface area contributed by atoms with Crippen LogP contribution in [0.5, 0.6) is 0 Å². The summed E-state index contributed by atoms with van der Waals surface area (Å²) >= 11 is 0. The quantitative estimate of drug-likeness (QED) is 0.191. The van der Waals surface area contributed by atoms with E-state index in [1.54, 1.807) is 20.8 Å². The van der Waals surface area contributed by atoms with Crippen LogP contribution in [-0.4, -0.2) is 87.6 Å². The summed E-state index contributed by atoms with van der Waals surface area (Å²) in [4.78, 5) is 27.7. The van der Waals surface area contributed by atoms with E-state index in [0.29, 0.717) is 0 Å². The van der Waals surface area contributed by atoms with Gasteiger partial charge in [0.2, 0.25) is 0 Å². The van der Waals surface area contributed by atoms with E-state index in [-0.39, 0.29) is 49.8 Å². The summed E-state index contributed by atoms with van der Waals surface area (Å²) in [6.07, 6.45) is -2.36. The molecule has 1 unspecified atom stereocenters. The highest BCUT2D eigenvalue weighted by atomic mass is 31.2. The predicted molar refractivity (Wildman–Crippen MR) is 145 cm³/mol. The average molecular weight is 581 g/mol. The zero-order valence-corrected chi connectivity index (χ0v) is 26.0. The second-order valence-corrected chi connectivity index (χ2v) is 17.8. The number of H-pyrrole nitrogens is 1. The molecule has 1 saturated heterocycles. The van der Waals surface area contributed by atoms with Gasteiger partial charge in [-0.15, -0.1) is 0 Å². The van der Waals surface area contributed by atoms with Crippen molar-refractivity contribution in [1.29, 1.82) is 0 Å². The van der Waals surface area contributed by atoms with Crippen LogP contribution in [-0.2, 0) is 38.0 Å². The van der Waals surface area contributed by atoms with Crippen LogP contribution in [0.1, 0.15) is 40.2 Å². The minimum absolute atomic E-state index is 0.0705. The fourth-order valence-corrected chi connectivity index (χ4v) is 7.07. The van der Waals surface area contributed by atoms with Crippen molar-refractivity contribution in [2.24, 2.45) is 0 Å². The number of aromatic nitrogens is 2. The molecule has 0 saturated carbocycles. The van der Waals surface area contributed by atoms with Crippen LogP contribution in [0.15, 0.2) is 15.8 Å². The molecule has 2 heterocycles. The largest absolute Gasteiger partial charge is 0.406 e. The second-order valence-electron chi connectivity index (χ2n) is 10.9. The van der Waals surface area contributed by atoms with E-state index >= 15 is 0 Å². The van der Waals surface area contributed by atoms with Crippen molar-refractivity contribution in [2.75, 3.05) is 46.3 Å². The molecule has 1 fully saturated rings. The maximum atomic E-state index is 13.3. The molecule has 38 heavy (non-hydrogen) atoms. The van der Waals surface area contributed by atoms with Gasteiger partial charge >= 0.3 is 13.3 Å². The topological polar surface area (TPSA) is 148 Å². The normalized spacial score (nSPS) is 23.6. The highest BCUT2D eigenvalue weighted by Gasteiger charge is 2.59. The van der Waals surface area contributed by atoms with E-state index in [1.165, 1.54) is 17.9 Å². The SMILES string of the molecule is CCOP(=O)(C[C@@H](O)C1OC[C@@](OCCOC)(n2cc(C)c(=O)[nH]c2=O)[C@@H]1O[Si](C)(C)C(C)(C)C)OCC. The average Bonchev–Trinajstić information content (AvgIpc) is 3.14. The van der Waals surface area contributed by atoms with Gasteiger partial charge in [-0.1, -0.05) is 20.8 Å².